The number of pyridine rings is 1. The van der Waals surface area contributed by atoms with Crippen molar-refractivity contribution in [2.75, 3.05) is 0 Å². The number of allylic oxidation sites excluding steroid dienone is 8. The Bertz CT molecular complexity index is 2220. The monoisotopic (exact) mass is 691 g/mol. The van der Waals surface area contributed by atoms with Crippen LogP contribution in [0.5, 0.6) is 0 Å². The molecule has 1 heterocycles. The maximum absolute atomic E-state index is 5.12. The molecule has 0 aliphatic heterocycles. The van der Waals surface area contributed by atoms with Crippen LogP contribution in [0.4, 0.5) is 0 Å². The maximum atomic E-state index is 5.12. The molecule has 53 heavy (non-hydrogen) atoms. The van der Waals surface area contributed by atoms with Crippen molar-refractivity contribution in [1.82, 2.24) is 4.98 Å². The van der Waals surface area contributed by atoms with Crippen molar-refractivity contribution in [2.24, 2.45) is 9.98 Å². The number of nitrogens with zero attached hydrogens (tertiary/aromatic N) is 3. The Hall–Kier alpha value is -5.93. The van der Waals surface area contributed by atoms with Gasteiger partial charge >= 0.3 is 0 Å². The summed E-state index contributed by atoms with van der Waals surface area (Å²) in [4.78, 5) is 13.9. The molecule has 0 saturated heterocycles. The molecule has 0 spiro atoms. The SMILES string of the molecule is C=C/C(=C\C)C(/C=C(\N=C)c1ccccc1)=NCc1cccc(-c2cccc3c2-c2ccccc2C3(C2=CCCCC=C2)c2ccncc2)c1.CCC. The normalized spacial score (nSPS) is 16.7. The predicted octanol–water partition coefficient (Wildman–Crippen LogP) is 13.0. The highest BCUT2D eigenvalue weighted by molar-refractivity contribution is 6.13. The topological polar surface area (TPSA) is 37.6 Å². The van der Waals surface area contributed by atoms with E-state index in [0.717, 1.165) is 47.4 Å². The highest BCUT2D eigenvalue weighted by atomic mass is 14.8. The Morgan fingerprint density at radius 1 is 0.830 bits per heavy atom. The first-order valence-electron chi connectivity index (χ1n) is 18.8. The van der Waals surface area contributed by atoms with E-state index in [1.54, 1.807) is 0 Å². The van der Waals surface area contributed by atoms with E-state index in [2.05, 4.69) is 134 Å². The third kappa shape index (κ3) is 7.52. The first-order chi connectivity index (χ1) is 26.1. The Balaban J connectivity index is 0.00000155. The molecule has 7 rings (SSSR count). The molecule has 2 aliphatic carbocycles. The van der Waals surface area contributed by atoms with Crippen molar-refractivity contribution in [2.45, 2.75) is 58.4 Å². The number of benzene rings is 4. The average molecular weight is 692 g/mol. The van der Waals surface area contributed by atoms with Crippen molar-refractivity contribution in [3.8, 4) is 22.3 Å². The number of aromatic nitrogens is 1. The van der Waals surface area contributed by atoms with Crippen molar-refractivity contribution in [1.29, 1.82) is 0 Å². The highest BCUT2D eigenvalue weighted by Crippen LogP contribution is 2.58. The van der Waals surface area contributed by atoms with E-state index in [4.69, 9.17) is 4.99 Å². The molecule has 0 N–H and O–H groups in total. The molecule has 264 valence electrons. The maximum Gasteiger partial charge on any atom is 0.0716 e. The number of fused-ring (bicyclic) bond motifs is 3. The third-order valence-electron chi connectivity index (χ3n) is 9.86. The molecule has 4 aromatic carbocycles. The molecular weight excluding hydrogens is 643 g/mol. The van der Waals surface area contributed by atoms with Gasteiger partial charge in [0.25, 0.3) is 0 Å². The van der Waals surface area contributed by atoms with Gasteiger partial charge in [-0.2, -0.15) is 0 Å². The summed E-state index contributed by atoms with van der Waals surface area (Å²) in [5.41, 5.74) is 14.4. The van der Waals surface area contributed by atoms with Crippen LogP contribution in [0.25, 0.3) is 28.0 Å². The molecular formula is C50H49N3. The summed E-state index contributed by atoms with van der Waals surface area (Å²) in [6.45, 7) is 14.7. The van der Waals surface area contributed by atoms with Gasteiger partial charge in [0.05, 0.1) is 23.4 Å². The van der Waals surface area contributed by atoms with E-state index < -0.39 is 5.41 Å². The second-order valence-electron chi connectivity index (χ2n) is 13.4. The second-order valence-corrected chi connectivity index (χ2v) is 13.4. The first-order valence-corrected chi connectivity index (χ1v) is 18.8. The molecule has 2 aliphatic rings. The molecule has 0 amide bonds. The van der Waals surface area contributed by atoms with Crippen molar-refractivity contribution >= 4 is 18.1 Å². The minimum atomic E-state index is -0.432. The van der Waals surface area contributed by atoms with Crippen molar-refractivity contribution < 1.29 is 0 Å². The number of aliphatic imine (C=N–C) groups is 2. The summed E-state index contributed by atoms with van der Waals surface area (Å²) >= 11 is 0. The van der Waals surface area contributed by atoms with Gasteiger partial charge in [0.1, 0.15) is 0 Å². The van der Waals surface area contributed by atoms with E-state index in [0.29, 0.717) is 6.54 Å². The molecule has 0 saturated carbocycles. The Labute approximate surface area is 316 Å². The van der Waals surface area contributed by atoms with Gasteiger partial charge in [-0.1, -0.05) is 148 Å². The Morgan fingerprint density at radius 3 is 2.30 bits per heavy atom. The predicted molar refractivity (Wildman–Crippen MR) is 228 cm³/mol. The number of hydrogen-bond acceptors (Lipinski definition) is 3. The quantitative estimate of drug-likeness (QED) is 0.106. The fourth-order valence-electron chi connectivity index (χ4n) is 7.57. The van der Waals surface area contributed by atoms with Crippen LogP contribution in [0.2, 0.25) is 0 Å². The summed E-state index contributed by atoms with van der Waals surface area (Å²) < 4.78 is 0. The highest BCUT2D eigenvalue weighted by Gasteiger charge is 2.47. The molecule has 0 fully saturated rings. The zero-order valence-electron chi connectivity index (χ0n) is 31.3. The van der Waals surface area contributed by atoms with Crippen LogP contribution in [0.3, 0.4) is 0 Å². The van der Waals surface area contributed by atoms with Crippen LogP contribution < -0.4 is 0 Å². The molecule has 3 nitrogen and oxygen atoms in total. The lowest BCUT2D eigenvalue weighted by molar-refractivity contribution is 0.758. The van der Waals surface area contributed by atoms with E-state index in [1.165, 1.54) is 50.9 Å². The van der Waals surface area contributed by atoms with Crippen molar-refractivity contribution in [3.05, 3.63) is 204 Å². The zero-order valence-corrected chi connectivity index (χ0v) is 31.3. The molecule has 5 aromatic rings. The second kappa shape index (κ2) is 17.5. The number of rotatable bonds is 10. The smallest absolute Gasteiger partial charge is 0.0716 e. The van der Waals surface area contributed by atoms with Crippen molar-refractivity contribution in [3.63, 3.8) is 0 Å². The van der Waals surface area contributed by atoms with Gasteiger partial charge in [0.15, 0.2) is 0 Å². The van der Waals surface area contributed by atoms with Gasteiger partial charge < -0.3 is 0 Å². The van der Waals surface area contributed by atoms with Crippen LogP contribution in [0, 0.1) is 0 Å². The van der Waals surface area contributed by atoms with Gasteiger partial charge in [-0.15, -0.1) is 0 Å². The van der Waals surface area contributed by atoms with Crippen LogP contribution in [0.1, 0.15) is 74.3 Å². The zero-order chi connectivity index (χ0) is 37.0. The first kappa shape index (κ1) is 36.8. The van der Waals surface area contributed by atoms with Gasteiger partial charge in [0.2, 0.25) is 0 Å². The molecule has 3 heteroatoms. The van der Waals surface area contributed by atoms with Gasteiger partial charge in [0, 0.05) is 18.0 Å². The molecule has 1 aromatic heterocycles. The minimum Gasteiger partial charge on any atom is -0.280 e. The van der Waals surface area contributed by atoms with E-state index >= 15 is 0 Å². The lowest BCUT2D eigenvalue weighted by atomic mass is 9.67. The molecule has 1 unspecified atom stereocenters. The van der Waals surface area contributed by atoms with E-state index in [-0.39, 0.29) is 0 Å². The summed E-state index contributed by atoms with van der Waals surface area (Å²) in [6.07, 6.45) is 21.5. The Kier molecular flexibility index (Phi) is 12.2. The van der Waals surface area contributed by atoms with Crippen LogP contribution in [0.15, 0.2) is 186 Å². The fourth-order valence-corrected chi connectivity index (χ4v) is 7.57. The summed E-state index contributed by atoms with van der Waals surface area (Å²) in [5.74, 6) is 0. The van der Waals surface area contributed by atoms with Gasteiger partial charge in [-0.25, -0.2) is 0 Å². The lowest BCUT2D eigenvalue weighted by Crippen LogP contribution is -2.29. The standard InChI is InChI=1S/C47H41N3.C3H8/c1-4-35(5-2)45(32-44(48-3)36-18-9-8-10-19-36)50-33-34-17-15-20-37(31-34)40-24-16-26-43-46(40)41-23-13-14-25-42(41)47(43,39-27-29-49-30-28-39)38-21-11-6-7-12-22-38;1-3-2/h4-5,8-11,13-32H,1,3,6-7,12,33H2,2H3;3H2,1-2H3/b35-5+,44-32-,50-45?;. The summed E-state index contributed by atoms with van der Waals surface area (Å²) in [5, 5.41) is 0. The third-order valence-corrected chi connectivity index (χ3v) is 9.86. The van der Waals surface area contributed by atoms with Gasteiger partial charge in [-0.3, -0.25) is 15.0 Å². The average Bonchev–Trinajstić information content (AvgIpc) is 3.31. The van der Waals surface area contributed by atoms with E-state index in [1.807, 2.05) is 67.9 Å². The van der Waals surface area contributed by atoms with E-state index in [9.17, 15) is 0 Å². The van der Waals surface area contributed by atoms with Gasteiger partial charge in [-0.05, 0) is 113 Å². The fraction of sp³-hybridized carbons (Fsp3) is 0.180. The summed E-state index contributed by atoms with van der Waals surface area (Å²) in [6, 6.07) is 39.0. The summed E-state index contributed by atoms with van der Waals surface area (Å²) in [7, 11) is 0. The lowest BCUT2D eigenvalue weighted by Gasteiger charge is -2.34. The molecule has 1 atom stereocenters. The molecule has 0 radical (unpaired) electrons. The van der Waals surface area contributed by atoms with Crippen LogP contribution in [-0.2, 0) is 12.0 Å². The number of hydrogen-bond donors (Lipinski definition) is 0. The minimum absolute atomic E-state index is 0.432. The largest absolute Gasteiger partial charge is 0.280 e. The van der Waals surface area contributed by atoms with Crippen LogP contribution in [-0.4, -0.2) is 17.4 Å². The van der Waals surface area contributed by atoms with Crippen LogP contribution >= 0.6 is 0 Å². The molecule has 0 bridgehead atoms. The Morgan fingerprint density at radius 2 is 1.55 bits per heavy atom.